The Morgan fingerprint density at radius 2 is 1.60 bits per heavy atom. The summed E-state index contributed by atoms with van der Waals surface area (Å²) in [4.78, 5) is 8.31. The van der Waals surface area contributed by atoms with E-state index in [0.717, 1.165) is 20.3 Å². The van der Waals surface area contributed by atoms with E-state index in [1.54, 1.807) is 14.2 Å². The summed E-state index contributed by atoms with van der Waals surface area (Å²) in [5, 5.41) is 8.81. The van der Waals surface area contributed by atoms with Gasteiger partial charge in [0.1, 0.15) is 6.79 Å². The van der Waals surface area contributed by atoms with Gasteiger partial charge in [-0.05, 0) is 6.92 Å². The number of rotatable bonds is 2. The maximum absolute atomic E-state index is 8.81. The molecule has 1 aliphatic rings. The summed E-state index contributed by atoms with van der Waals surface area (Å²) in [5.74, 6) is 0. The lowest BCUT2D eigenvalue weighted by molar-refractivity contribution is -0.445. The van der Waals surface area contributed by atoms with Gasteiger partial charge in [-0.2, -0.15) is 0 Å². The Balaban J connectivity index is 0. The molecule has 15 heavy (non-hydrogen) atoms. The van der Waals surface area contributed by atoms with Crippen LogP contribution in [-0.2, 0) is 18.9 Å². The van der Waals surface area contributed by atoms with Crippen LogP contribution in [0.5, 0.6) is 0 Å². The van der Waals surface area contributed by atoms with Crippen LogP contribution in [-0.4, -0.2) is 52.5 Å². The van der Waals surface area contributed by atoms with Gasteiger partial charge in [-0.15, -0.1) is 0 Å². The molecular formula is C8H19NO6. The summed E-state index contributed by atoms with van der Waals surface area (Å²) in [6.45, 7) is 3.89. The first kappa shape index (κ1) is 16.7. The second-order valence-electron chi connectivity index (χ2n) is 2.41. The largest absolute Gasteiger partial charge is 0.356 e. The van der Waals surface area contributed by atoms with Crippen LogP contribution in [0, 0.1) is 10.1 Å². The lowest BCUT2D eigenvalue weighted by Crippen LogP contribution is -2.05. The number of ether oxygens (including phenoxy) is 4. The zero-order chi connectivity index (χ0) is 12.1. The van der Waals surface area contributed by atoms with Crippen LogP contribution in [0.25, 0.3) is 0 Å². The summed E-state index contributed by atoms with van der Waals surface area (Å²) >= 11 is 0. The third-order valence-electron chi connectivity index (χ3n) is 1.20. The van der Waals surface area contributed by atoms with Crippen molar-refractivity contribution in [2.24, 2.45) is 0 Å². The van der Waals surface area contributed by atoms with E-state index in [1.807, 2.05) is 6.92 Å². The minimum Gasteiger partial charge on any atom is -0.356 e. The molecule has 0 aromatic heterocycles. The standard InChI is InChI=1S/C4H10O2.C3H6O2.CH3NO2/c1-4(5-2)6-3;1-2-5-3-4-1;1-2(3)4/h4H,1-3H3;1-3H2;1H3. The summed E-state index contributed by atoms with van der Waals surface area (Å²) in [6.07, 6.45) is -0.0648. The molecule has 0 amide bonds. The van der Waals surface area contributed by atoms with E-state index >= 15 is 0 Å². The van der Waals surface area contributed by atoms with E-state index in [4.69, 9.17) is 19.6 Å². The smallest absolute Gasteiger partial charge is 0.194 e. The Morgan fingerprint density at radius 3 is 1.67 bits per heavy atom. The van der Waals surface area contributed by atoms with Gasteiger partial charge in [-0.1, -0.05) is 0 Å². The molecule has 7 nitrogen and oxygen atoms in total. The molecule has 0 N–H and O–H groups in total. The van der Waals surface area contributed by atoms with E-state index in [0.29, 0.717) is 6.79 Å². The van der Waals surface area contributed by atoms with Gasteiger partial charge in [0.25, 0.3) is 0 Å². The third kappa shape index (κ3) is 24.6. The Hall–Kier alpha value is -0.760. The van der Waals surface area contributed by atoms with Crippen LogP contribution in [0.2, 0.25) is 0 Å². The van der Waals surface area contributed by atoms with Crippen molar-refractivity contribution in [2.75, 3.05) is 41.3 Å². The molecule has 1 aliphatic heterocycles. The average molecular weight is 225 g/mol. The van der Waals surface area contributed by atoms with Crippen LogP contribution in [0.15, 0.2) is 0 Å². The van der Waals surface area contributed by atoms with Gasteiger partial charge in [0.15, 0.2) is 13.3 Å². The highest BCUT2D eigenvalue weighted by atomic mass is 16.7. The van der Waals surface area contributed by atoms with Gasteiger partial charge in [0.2, 0.25) is 0 Å². The van der Waals surface area contributed by atoms with Crippen LogP contribution in [0.1, 0.15) is 6.92 Å². The highest BCUT2D eigenvalue weighted by Gasteiger charge is 1.93. The van der Waals surface area contributed by atoms with Gasteiger partial charge in [0, 0.05) is 19.1 Å². The SMILES string of the molecule is C1COCO1.COC(C)OC.C[N+](=O)[O-]. The predicted octanol–water partition coefficient (Wildman–Crippen LogP) is 0.509. The van der Waals surface area contributed by atoms with Crippen molar-refractivity contribution in [3.05, 3.63) is 10.1 Å². The molecule has 0 spiro atoms. The van der Waals surface area contributed by atoms with Crippen molar-refractivity contribution >= 4 is 0 Å². The fourth-order valence-electron chi connectivity index (χ4n) is 0.391. The lowest BCUT2D eigenvalue weighted by Gasteiger charge is -2.03. The fourth-order valence-corrected chi connectivity index (χ4v) is 0.391. The Morgan fingerprint density at radius 1 is 1.27 bits per heavy atom. The van der Waals surface area contributed by atoms with E-state index < -0.39 is 4.92 Å². The minimum absolute atomic E-state index is 0.0648. The van der Waals surface area contributed by atoms with Gasteiger partial charge in [0.05, 0.1) is 13.2 Å². The van der Waals surface area contributed by atoms with Gasteiger partial charge >= 0.3 is 0 Å². The van der Waals surface area contributed by atoms with Gasteiger partial charge in [-0.3, -0.25) is 10.1 Å². The second kappa shape index (κ2) is 13.2. The molecule has 1 rings (SSSR count). The fraction of sp³-hybridized carbons (Fsp3) is 1.00. The molecule has 0 aromatic rings. The number of nitrogens with zero attached hydrogens (tertiary/aromatic N) is 1. The normalized spacial score (nSPS) is 13.7. The highest BCUT2D eigenvalue weighted by molar-refractivity contribution is 4.28. The summed E-state index contributed by atoms with van der Waals surface area (Å²) in [7, 11) is 4.10. The third-order valence-corrected chi connectivity index (χ3v) is 1.20. The van der Waals surface area contributed by atoms with Crippen molar-refractivity contribution in [3.8, 4) is 0 Å². The van der Waals surface area contributed by atoms with Gasteiger partial charge in [-0.25, -0.2) is 0 Å². The molecule has 1 heterocycles. The molecule has 0 unspecified atom stereocenters. The van der Waals surface area contributed by atoms with Crippen molar-refractivity contribution in [2.45, 2.75) is 13.2 Å². The predicted molar refractivity (Wildman–Crippen MR) is 53.2 cm³/mol. The Labute approximate surface area is 89.4 Å². The Bertz CT molecular complexity index is 123. The first-order valence-electron chi connectivity index (χ1n) is 4.33. The second-order valence-corrected chi connectivity index (χ2v) is 2.41. The molecule has 1 fully saturated rings. The van der Waals surface area contributed by atoms with Crippen molar-refractivity contribution < 1.29 is 23.9 Å². The molecule has 0 radical (unpaired) electrons. The molecule has 92 valence electrons. The molecule has 0 saturated carbocycles. The minimum atomic E-state index is -0.500. The molecular weight excluding hydrogens is 206 g/mol. The monoisotopic (exact) mass is 225 g/mol. The lowest BCUT2D eigenvalue weighted by atomic mass is 10.8. The topological polar surface area (TPSA) is 80.1 Å². The Kier molecular flexibility index (Phi) is 14.7. The van der Waals surface area contributed by atoms with E-state index in [2.05, 4.69) is 9.47 Å². The first-order valence-corrected chi connectivity index (χ1v) is 4.33. The average Bonchev–Trinajstić information content (AvgIpc) is 2.73. The summed E-state index contributed by atoms with van der Waals surface area (Å²) in [6, 6.07) is 0. The maximum Gasteiger partial charge on any atom is 0.194 e. The number of hydrogen-bond acceptors (Lipinski definition) is 6. The highest BCUT2D eigenvalue weighted by Crippen LogP contribution is 1.85. The van der Waals surface area contributed by atoms with Crippen molar-refractivity contribution in [1.29, 1.82) is 0 Å². The van der Waals surface area contributed by atoms with E-state index in [9.17, 15) is 0 Å². The van der Waals surface area contributed by atoms with Crippen molar-refractivity contribution in [1.82, 2.24) is 0 Å². The van der Waals surface area contributed by atoms with Crippen LogP contribution in [0.4, 0.5) is 0 Å². The number of methoxy groups -OCH3 is 2. The summed E-state index contributed by atoms with van der Waals surface area (Å²) in [5.41, 5.74) is 0. The zero-order valence-corrected chi connectivity index (χ0v) is 9.60. The zero-order valence-electron chi connectivity index (χ0n) is 9.60. The van der Waals surface area contributed by atoms with E-state index in [1.165, 1.54) is 0 Å². The summed E-state index contributed by atoms with van der Waals surface area (Å²) < 4.78 is 18.8. The quantitative estimate of drug-likeness (QED) is 0.387. The van der Waals surface area contributed by atoms with E-state index in [-0.39, 0.29) is 6.29 Å². The molecule has 0 bridgehead atoms. The maximum atomic E-state index is 8.81. The van der Waals surface area contributed by atoms with Crippen LogP contribution < -0.4 is 0 Å². The van der Waals surface area contributed by atoms with Crippen LogP contribution >= 0.6 is 0 Å². The first-order chi connectivity index (χ1) is 7.04. The van der Waals surface area contributed by atoms with Gasteiger partial charge < -0.3 is 18.9 Å². The van der Waals surface area contributed by atoms with Crippen molar-refractivity contribution in [3.63, 3.8) is 0 Å². The molecule has 7 heteroatoms. The molecule has 0 aliphatic carbocycles. The molecule has 0 aromatic carbocycles. The number of hydrogen-bond donors (Lipinski definition) is 0. The molecule has 0 atom stereocenters. The van der Waals surface area contributed by atoms with Crippen LogP contribution in [0.3, 0.4) is 0 Å². The number of nitro groups is 1. The molecule has 1 saturated heterocycles.